The maximum Gasteiger partial charge on any atom is 0.237 e. The van der Waals surface area contributed by atoms with Gasteiger partial charge < -0.3 is 9.47 Å². The van der Waals surface area contributed by atoms with Gasteiger partial charge in [0.05, 0.1) is 13.7 Å². The summed E-state index contributed by atoms with van der Waals surface area (Å²) in [5.41, 5.74) is 3.43. The molecule has 1 amide bonds. The van der Waals surface area contributed by atoms with Gasteiger partial charge in [0.15, 0.2) is 11.5 Å². The molecule has 0 radical (unpaired) electrons. The van der Waals surface area contributed by atoms with Crippen LogP contribution in [0.5, 0.6) is 11.5 Å². The molecule has 1 aliphatic heterocycles. The van der Waals surface area contributed by atoms with Crippen LogP contribution in [-0.2, 0) is 11.3 Å². The Morgan fingerprint density at radius 1 is 1.36 bits per heavy atom. The van der Waals surface area contributed by atoms with Crippen molar-refractivity contribution in [2.75, 3.05) is 26.8 Å². The van der Waals surface area contributed by atoms with Crippen LogP contribution in [0.15, 0.2) is 18.2 Å². The second kappa shape index (κ2) is 8.00. The van der Waals surface area contributed by atoms with E-state index >= 15 is 0 Å². The fraction of sp³-hybridized carbons (Fsp3) is 0.562. The van der Waals surface area contributed by atoms with Gasteiger partial charge in [0.1, 0.15) is 0 Å². The second-order valence-electron chi connectivity index (χ2n) is 5.48. The van der Waals surface area contributed by atoms with Crippen LogP contribution < -0.4 is 20.7 Å². The Kier molecular flexibility index (Phi) is 6.03. The smallest absolute Gasteiger partial charge is 0.237 e. The molecule has 1 aliphatic rings. The molecular weight excluding hydrogens is 282 g/mol. The van der Waals surface area contributed by atoms with Crippen LogP contribution in [0.25, 0.3) is 0 Å². The number of nitrogens with two attached hydrogens (primary N) is 1. The van der Waals surface area contributed by atoms with E-state index in [1.165, 1.54) is 5.56 Å². The van der Waals surface area contributed by atoms with E-state index in [0.717, 1.165) is 44.0 Å². The van der Waals surface area contributed by atoms with Gasteiger partial charge in [-0.1, -0.05) is 6.07 Å². The van der Waals surface area contributed by atoms with Gasteiger partial charge in [-0.3, -0.25) is 15.1 Å². The Balaban J connectivity index is 1.93. The van der Waals surface area contributed by atoms with E-state index in [0.29, 0.717) is 6.61 Å². The number of carbonyl (C=O) groups excluding carboxylic acids is 1. The summed E-state index contributed by atoms with van der Waals surface area (Å²) >= 11 is 0. The molecule has 0 atom stereocenters. The third-order valence-electron chi connectivity index (χ3n) is 4.03. The average molecular weight is 307 g/mol. The minimum Gasteiger partial charge on any atom is -0.493 e. The molecule has 6 nitrogen and oxygen atoms in total. The highest BCUT2D eigenvalue weighted by Crippen LogP contribution is 2.29. The Hall–Kier alpha value is -1.79. The van der Waals surface area contributed by atoms with Gasteiger partial charge in [0, 0.05) is 12.5 Å². The summed E-state index contributed by atoms with van der Waals surface area (Å²) in [6.45, 7) is 5.21. The maximum atomic E-state index is 11.5. The first kappa shape index (κ1) is 16.6. The Morgan fingerprint density at radius 2 is 2.09 bits per heavy atom. The number of carbonyl (C=O) groups is 1. The minimum atomic E-state index is -0.0533. The van der Waals surface area contributed by atoms with Crippen molar-refractivity contribution in [3.05, 3.63) is 23.8 Å². The second-order valence-corrected chi connectivity index (χ2v) is 5.48. The molecule has 3 N–H and O–H groups in total. The van der Waals surface area contributed by atoms with E-state index in [-0.39, 0.29) is 11.8 Å². The van der Waals surface area contributed by atoms with Crippen LogP contribution in [0, 0.1) is 5.92 Å². The molecule has 1 fully saturated rings. The number of nitrogens with one attached hydrogen (secondary N) is 1. The van der Waals surface area contributed by atoms with Gasteiger partial charge in [-0.25, -0.2) is 5.84 Å². The number of ether oxygens (including phenoxy) is 2. The third kappa shape index (κ3) is 4.11. The molecule has 0 unspecified atom stereocenters. The van der Waals surface area contributed by atoms with Gasteiger partial charge in [0.2, 0.25) is 5.91 Å². The largest absolute Gasteiger partial charge is 0.493 e. The monoisotopic (exact) mass is 307 g/mol. The summed E-state index contributed by atoms with van der Waals surface area (Å²) in [6.07, 6.45) is 1.69. The quantitative estimate of drug-likeness (QED) is 0.470. The number of benzene rings is 1. The normalized spacial score (nSPS) is 16.3. The van der Waals surface area contributed by atoms with Gasteiger partial charge in [0.25, 0.3) is 0 Å². The molecule has 1 saturated heterocycles. The predicted molar refractivity (Wildman–Crippen MR) is 84.5 cm³/mol. The summed E-state index contributed by atoms with van der Waals surface area (Å²) in [7, 11) is 1.65. The van der Waals surface area contributed by atoms with Crippen molar-refractivity contribution in [1.29, 1.82) is 0 Å². The van der Waals surface area contributed by atoms with Crippen molar-refractivity contribution in [2.45, 2.75) is 26.3 Å². The fourth-order valence-electron chi connectivity index (χ4n) is 2.81. The topological polar surface area (TPSA) is 76.8 Å². The molecule has 2 rings (SSSR count). The van der Waals surface area contributed by atoms with Gasteiger partial charge in [-0.2, -0.15) is 0 Å². The van der Waals surface area contributed by atoms with Crippen molar-refractivity contribution in [1.82, 2.24) is 10.3 Å². The highest BCUT2D eigenvalue weighted by atomic mass is 16.5. The number of hydrogen-bond donors (Lipinski definition) is 2. The van der Waals surface area contributed by atoms with Crippen LogP contribution in [0.1, 0.15) is 25.3 Å². The van der Waals surface area contributed by atoms with Crippen molar-refractivity contribution >= 4 is 5.91 Å². The van der Waals surface area contributed by atoms with E-state index in [1.54, 1.807) is 7.11 Å². The number of hydrazine groups is 1. The van der Waals surface area contributed by atoms with Crippen molar-refractivity contribution in [3.63, 3.8) is 0 Å². The van der Waals surface area contributed by atoms with E-state index in [9.17, 15) is 4.79 Å². The lowest BCUT2D eigenvalue weighted by Gasteiger charge is -2.31. The van der Waals surface area contributed by atoms with E-state index < -0.39 is 0 Å². The molecule has 1 heterocycles. The predicted octanol–water partition coefficient (Wildman–Crippen LogP) is 1.30. The molecular formula is C16H25N3O3. The summed E-state index contributed by atoms with van der Waals surface area (Å²) in [5.74, 6) is 6.71. The van der Waals surface area contributed by atoms with Crippen molar-refractivity contribution < 1.29 is 14.3 Å². The molecule has 0 bridgehead atoms. The summed E-state index contributed by atoms with van der Waals surface area (Å²) in [4.78, 5) is 13.9. The molecule has 0 aliphatic carbocycles. The highest BCUT2D eigenvalue weighted by molar-refractivity contribution is 5.78. The average Bonchev–Trinajstić information content (AvgIpc) is 2.56. The van der Waals surface area contributed by atoms with E-state index in [2.05, 4.69) is 16.4 Å². The lowest BCUT2D eigenvalue weighted by Crippen LogP contribution is -2.42. The third-order valence-corrected chi connectivity index (χ3v) is 4.03. The number of piperidine rings is 1. The zero-order valence-corrected chi connectivity index (χ0v) is 13.3. The van der Waals surface area contributed by atoms with Crippen LogP contribution in [-0.4, -0.2) is 37.6 Å². The number of methoxy groups -OCH3 is 1. The van der Waals surface area contributed by atoms with Gasteiger partial charge in [-0.05, 0) is 50.6 Å². The van der Waals surface area contributed by atoms with Gasteiger partial charge >= 0.3 is 0 Å². The zero-order chi connectivity index (χ0) is 15.9. The minimum absolute atomic E-state index is 0.0381. The van der Waals surface area contributed by atoms with Crippen LogP contribution in [0.3, 0.4) is 0 Å². The maximum absolute atomic E-state index is 11.5. The zero-order valence-electron chi connectivity index (χ0n) is 13.3. The van der Waals surface area contributed by atoms with E-state index in [4.69, 9.17) is 15.3 Å². The van der Waals surface area contributed by atoms with E-state index in [1.807, 2.05) is 19.1 Å². The Labute approximate surface area is 131 Å². The Bertz CT molecular complexity index is 499. The number of likely N-dealkylation sites (tertiary alicyclic amines) is 1. The van der Waals surface area contributed by atoms with Crippen LogP contribution in [0.2, 0.25) is 0 Å². The number of amides is 1. The number of rotatable bonds is 6. The lowest BCUT2D eigenvalue weighted by molar-refractivity contribution is -0.126. The fourth-order valence-corrected chi connectivity index (χ4v) is 2.81. The molecule has 1 aromatic carbocycles. The molecule has 22 heavy (non-hydrogen) atoms. The van der Waals surface area contributed by atoms with Crippen molar-refractivity contribution in [2.24, 2.45) is 11.8 Å². The number of nitrogens with zero attached hydrogens (tertiary/aromatic N) is 1. The molecule has 0 saturated carbocycles. The van der Waals surface area contributed by atoms with Crippen LogP contribution >= 0.6 is 0 Å². The first-order chi connectivity index (χ1) is 10.7. The summed E-state index contributed by atoms with van der Waals surface area (Å²) in [5, 5.41) is 0. The molecule has 0 spiro atoms. The molecule has 122 valence electrons. The first-order valence-electron chi connectivity index (χ1n) is 7.70. The summed E-state index contributed by atoms with van der Waals surface area (Å²) in [6, 6.07) is 6.03. The highest BCUT2D eigenvalue weighted by Gasteiger charge is 2.24. The molecule has 1 aromatic rings. The SMILES string of the molecule is CCOc1ccc(CN2CCC(C(=O)NN)CC2)cc1OC. The molecule has 6 heteroatoms. The molecule has 0 aromatic heterocycles. The number of hydrogen-bond acceptors (Lipinski definition) is 5. The standard InChI is InChI=1S/C16H25N3O3/c1-3-22-14-5-4-12(10-15(14)21-2)11-19-8-6-13(7-9-19)16(20)18-17/h4-5,10,13H,3,6-9,11,17H2,1-2H3,(H,18,20). The van der Waals surface area contributed by atoms with Gasteiger partial charge in [-0.15, -0.1) is 0 Å². The van der Waals surface area contributed by atoms with Crippen molar-refractivity contribution in [3.8, 4) is 11.5 Å². The lowest BCUT2D eigenvalue weighted by atomic mass is 9.96. The van der Waals surface area contributed by atoms with Crippen LogP contribution in [0.4, 0.5) is 0 Å². The first-order valence-corrected chi connectivity index (χ1v) is 7.70. The Morgan fingerprint density at radius 3 is 2.68 bits per heavy atom. The summed E-state index contributed by atoms with van der Waals surface area (Å²) < 4.78 is 10.9.